The summed E-state index contributed by atoms with van der Waals surface area (Å²) in [6, 6.07) is 8.20. The Morgan fingerprint density at radius 3 is 2.04 bits per heavy atom. The third-order valence-electron chi connectivity index (χ3n) is 5.40. The summed E-state index contributed by atoms with van der Waals surface area (Å²) in [5, 5.41) is 0. The highest BCUT2D eigenvalue weighted by Crippen LogP contribution is 2.43. The minimum atomic E-state index is -0.659. The van der Waals surface area contributed by atoms with Gasteiger partial charge in [-0.25, -0.2) is 0 Å². The van der Waals surface area contributed by atoms with E-state index in [2.05, 4.69) is 32.9 Å². The summed E-state index contributed by atoms with van der Waals surface area (Å²) in [4.78, 5) is 0. The Hall–Kier alpha value is -1.06. The molecule has 0 radical (unpaired) electrons. The Bertz CT molecular complexity index is 483. The molecule has 25 heavy (non-hydrogen) atoms. The van der Waals surface area contributed by atoms with Crippen LogP contribution in [0.5, 0.6) is 0 Å². The van der Waals surface area contributed by atoms with Crippen LogP contribution >= 0.6 is 0 Å². The summed E-state index contributed by atoms with van der Waals surface area (Å²) >= 11 is 0. The molecule has 1 rings (SSSR count). The molecule has 0 saturated heterocycles. The van der Waals surface area contributed by atoms with Crippen molar-refractivity contribution in [3.63, 3.8) is 0 Å². The molecule has 0 aliphatic heterocycles. The Morgan fingerprint density at radius 2 is 1.48 bits per heavy atom. The minimum Gasteiger partial charge on any atom is -0.399 e. The summed E-state index contributed by atoms with van der Waals surface area (Å²) in [6.07, 6.45) is 8.71. The van der Waals surface area contributed by atoms with Crippen molar-refractivity contribution in [1.29, 1.82) is 0 Å². The van der Waals surface area contributed by atoms with Crippen molar-refractivity contribution in [2.75, 3.05) is 18.9 Å². The van der Waals surface area contributed by atoms with Crippen molar-refractivity contribution in [1.82, 2.24) is 0 Å². The number of ether oxygens (including phenoxy) is 2. The first-order valence-corrected chi connectivity index (χ1v) is 10.1. The maximum absolute atomic E-state index is 6.16. The van der Waals surface area contributed by atoms with Crippen LogP contribution in [-0.2, 0) is 14.9 Å². The molecule has 0 bridgehead atoms. The van der Waals surface area contributed by atoms with E-state index in [0.717, 1.165) is 12.1 Å². The number of nitrogens with two attached hydrogens (primary N) is 1. The first kappa shape index (κ1) is 22.0. The molecule has 0 aromatic heterocycles. The lowest BCUT2D eigenvalue weighted by atomic mass is 9.71. The molecule has 3 nitrogen and oxygen atoms in total. The number of unbranched alkanes of at least 4 members (excludes halogenated alkanes) is 5. The summed E-state index contributed by atoms with van der Waals surface area (Å²) in [5.74, 6) is -0.659. The minimum absolute atomic E-state index is 0.237. The Morgan fingerprint density at radius 1 is 0.880 bits per heavy atom. The molecule has 1 aromatic rings. The maximum Gasteiger partial charge on any atom is 0.174 e. The summed E-state index contributed by atoms with van der Waals surface area (Å²) in [6.45, 7) is 11.9. The van der Waals surface area contributed by atoms with Gasteiger partial charge in [0.2, 0.25) is 0 Å². The molecule has 0 spiro atoms. The standard InChI is InChI=1S/C22H39NO2/c1-6-9-10-11-12-13-17-21(4,19-15-14-16-20(23)18-19)22(5,24-7-2)25-8-3/h14-16,18H,6-13,17,23H2,1-5H3. The van der Waals surface area contributed by atoms with Gasteiger partial charge in [0.25, 0.3) is 0 Å². The van der Waals surface area contributed by atoms with Crippen LogP contribution < -0.4 is 5.73 Å². The van der Waals surface area contributed by atoms with Gasteiger partial charge in [-0.15, -0.1) is 0 Å². The van der Waals surface area contributed by atoms with Crippen LogP contribution in [-0.4, -0.2) is 19.0 Å². The molecule has 0 heterocycles. The lowest BCUT2D eigenvalue weighted by molar-refractivity contribution is -0.261. The highest BCUT2D eigenvalue weighted by atomic mass is 16.7. The molecule has 1 aromatic carbocycles. The van der Waals surface area contributed by atoms with E-state index in [1.54, 1.807) is 0 Å². The van der Waals surface area contributed by atoms with E-state index >= 15 is 0 Å². The third-order valence-corrected chi connectivity index (χ3v) is 5.40. The fraction of sp³-hybridized carbons (Fsp3) is 0.727. The highest BCUT2D eigenvalue weighted by molar-refractivity contribution is 5.44. The van der Waals surface area contributed by atoms with E-state index < -0.39 is 5.79 Å². The second kappa shape index (κ2) is 10.8. The first-order chi connectivity index (χ1) is 11.9. The highest BCUT2D eigenvalue weighted by Gasteiger charge is 2.47. The van der Waals surface area contributed by atoms with Crippen molar-refractivity contribution in [2.24, 2.45) is 0 Å². The molecule has 1 atom stereocenters. The predicted octanol–water partition coefficient (Wildman–Crippen LogP) is 6.07. The van der Waals surface area contributed by atoms with E-state index in [4.69, 9.17) is 15.2 Å². The number of anilines is 1. The van der Waals surface area contributed by atoms with E-state index in [-0.39, 0.29) is 5.41 Å². The quantitative estimate of drug-likeness (QED) is 0.267. The first-order valence-electron chi connectivity index (χ1n) is 10.1. The molecule has 0 fully saturated rings. The Kier molecular flexibility index (Phi) is 9.52. The normalized spacial score (nSPS) is 14.4. The Balaban J connectivity index is 3.00. The van der Waals surface area contributed by atoms with E-state index in [1.165, 1.54) is 44.1 Å². The van der Waals surface area contributed by atoms with E-state index in [1.807, 2.05) is 26.0 Å². The molecule has 0 aliphatic carbocycles. The van der Waals surface area contributed by atoms with Crippen molar-refractivity contribution >= 4 is 5.69 Å². The number of hydrogen-bond donors (Lipinski definition) is 1. The van der Waals surface area contributed by atoms with Gasteiger partial charge in [0.15, 0.2) is 5.79 Å². The monoisotopic (exact) mass is 349 g/mol. The van der Waals surface area contributed by atoms with Crippen molar-refractivity contribution in [3.05, 3.63) is 29.8 Å². The van der Waals surface area contributed by atoms with Crippen molar-refractivity contribution < 1.29 is 9.47 Å². The van der Waals surface area contributed by atoms with Gasteiger partial charge in [0.1, 0.15) is 0 Å². The molecular formula is C22H39NO2. The average molecular weight is 350 g/mol. The molecule has 2 N–H and O–H groups in total. The van der Waals surface area contributed by atoms with Gasteiger partial charge in [-0.05, 0) is 44.9 Å². The molecule has 0 amide bonds. The van der Waals surface area contributed by atoms with Crippen molar-refractivity contribution in [3.8, 4) is 0 Å². The zero-order chi connectivity index (χ0) is 18.8. The van der Waals surface area contributed by atoms with Crippen LogP contribution in [0.15, 0.2) is 24.3 Å². The van der Waals surface area contributed by atoms with Crippen LogP contribution in [0, 0.1) is 0 Å². The maximum atomic E-state index is 6.16. The lowest BCUT2D eigenvalue weighted by Crippen LogP contribution is -2.52. The molecule has 0 saturated carbocycles. The summed E-state index contributed by atoms with van der Waals surface area (Å²) in [7, 11) is 0. The lowest BCUT2D eigenvalue weighted by Gasteiger charge is -2.46. The topological polar surface area (TPSA) is 44.5 Å². The van der Waals surface area contributed by atoms with Gasteiger partial charge < -0.3 is 15.2 Å². The average Bonchev–Trinajstić information content (AvgIpc) is 2.58. The van der Waals surface area contributed by atoms with Gasteiger partial charge >= 0.3 is 0 Å². The van der Waals surface area contributed by atoms with Gasteiger partial charge in [-0.3, -0.25) is 0 Å². The second-order valence-corrected chi connectivity index (χ2v) is 7.29. The van der Waals surface area contributed by atoms with E-state index in [0.29, 0.717) is 13.2 Å². The van der Waals surface area contributed by atoms with Crippen LogP contribution in [0.2, 0.25) is 0 Å². The summed E-state index contributed by atoms with van der Waals surface area (Å²) < 4.78 is 12.3. The molecule has 1 unspecified atom stereocenters. The smallest absolute Gasteiger partial charge is 0.174 e. The fourth-order valence-electron chi connectivity index (χ4n) is 3.69. The predicted molar refractivity (Wildman–Crippen MR) is 108 cm³/mol. The van der Waals surface area contributed by atoms with Gasteiger partial charge in [-0.1, -0.05) is 64.5 Å². The van der Waals surface area contributed by atoms with Crippen LogP contribution in [0.25, 0.3) is 0 Å². The third kappa shape index (κ3) is 6.00. The molecule has 3 heteroatoms. The van der Waals surface area contributed by atoms with Gasteiger partial charge in [0.05, 0.1) is 0 Å². The number of benzene rings is 1. The number of rotatable bonds is 13. The van der Waals surface area contributed by atoms with Crippen LogP contribution in [0.3, 0.4) is 0 Å². The van der Waals surface area contributed by atoms with Crippen molar-refractivity contribution in [2.45, 2.75) is 90.8 Å². The molecule has 144 valence electrons. The zero-order valence-corrected chi connectivity index (χ0v) is 17.1. The SMILES string of the molecule is CCCCCCCCC(C)(c1cccc(N)c1)C(C)(OCC)OCC. The Labute approximate surface area is 155 Å². The molecular weight excluding hydrogens is 310 g/mol. The zero-order valence-electron chi connectivity index (χ0n) is 17.1. The number of hydrogen-bond acceptors (Lipinski definition) is 3. The number of nitrogen functional groups attached to an aromatic ring is 1. The van der Waals surface area contributed by atoms with E-state index in [9.17, 15) is 0 Å². The largest absolute Gasteiger partial charge is 0.399 e. The second-order valence-electron chi connectivity index (χ2n) is 7.29. The van der Waals surface area contributed by atoms with Crippen LogP contribution in [0.4, 0.5) is 5.69 Å². The van der Waals surface area contributed by atoms with Crippen LogP contribution in [0.1, 0.15) is 85.1 Å². The molecule has 0 aliphatic rings. The fourth-order valence-corrected chi connectivity index (χ4v) is 3.69. The summed E-state index contributed by atoms with van der Waals surface area (Å²) in [5.41, 5.74) is 7.83. The van der Waals surface area contributed by atoms with Gasteiger partial charge in [-0.2, -0.15) is 0 Å². The van der Waals surface area contributed by atoms with Gasteiger partial charge in [0, 0.05) is 24.3 Å².